The first-order valence-electron chi connectivity index (χ1n) is 6.22. The molecule has 0 amide bonds. The molecule has 4 nitrogen and oxygen atoms in total. The van der Waals surface area contributed by atoms with Crippen molar-refractivity contribution in [3.8, 4) is 0 Å². The molecule has 0 radical (unpaired) electrons. The standard InChI is InChI=1S/C13H21NO3S2/c1-10(2)14-19(16,17)13-7-5-4-6-12(13)18-9-11(3)8-15/h4-7,10-11,14-15H,8-9H2,1-3H3. The molecule has 1 atom stereocenters. The van der Waals surface area contributed by atoms with E-state index in [1.807, 2.05) is 13.0 Å². The van der Waals surface area contributed by atoms with Crippen molar-refractivity contribution in [2.45, 2.75) is 36.6 Å². The van der Waals surface area contributed by atoms with Gasteiger partial charge in [0.15, 0.2) is 0 Å². The van der Waals surface area contributed by atoms with Crippen molar-refractivity contribution in [1.29, 1.82) is 0 Å². The zero-order chi connectivity index (χ0) is 14.5. The molecule has 0 bridgehead atoms. The highest BCUT2D eigenvalue weighted by Gasteiger charge is 2.19. The van der Waals surface area contributed by atoms with E-state index in [0.717, 1.165) is 4.90 Å². The lowest BCUT2D eigenvalue weighted by Crippen LogP contribution is -2.30. The largest absolute Gasteiger partial charge is 0.396 e. The number of rotatable bonds is 7. The highest BCUT2D eigenvalue weighted by molar-refractivity contribution is 8.00. The van der Waals surface area contributed by atoms with Crippen molar-refractivity contribution in [2.24, 2.45) is 5.92 Å². The van der Waals surface area contributed by atoms with E-state index >= 15 is 0 Å². The summed E-state index contributed by atoms with van der Waals surface area (Å²) in [6, 6.07) is 6.80. The van der Waals surface area contributed by atoms with Gasteiger partial charge in [-0.05, 0) is 31.9 Å². The van der Waals surface area contributed by atoms with E-state index in [1.165, 1.54) is 11.8 Å². The molecule has 0 saturated carbocycles. The summed E-state index contributed by atoms with van der Waals surface area (Å²) >= 11 is 1.45. The van der Waals surface area contributed by atoms with Gasteiger partial charge in [0.05, 0.1) is 4.90 Å². The Labute approximate surface area is 119 Å². The fourth-order valence-corrected chi connectivity index (χ4v) is 4.25. The Balaban J connectivity index is 2.96. The third-order valence-corrected chi connectivity index (χ3v) is 5.61. The third-order valence-electron chi connectivity index (χ3n) is 2.36. The van der Waals surface area contributed by atoms with Crippen molar-refractivity contribution < 1.29 is 13.5 Å². The molecule has 6 heteroatoms. The molecule has 1 unspecified atom stereocenters. The lowest BCUT2D eigenvalue weighted by Gasteiger charge is -2.14. The molecular weight excluding hydrogens is 282 g/mol. The van der Waals surface area contributed by atoms with Gasteiger partial charge in [-0.2, -0.15) is 0 Å². The van der Waals surface area contributed by atoms with E-state index in [-0.39, 0.29) is 18.6 Å². The average molecular weight is 303 g/mol. The van der Waals surface area contributed by atoms with E-state index in [1.54, 1.807) is 32.0 Å². The molecule has 0 aromatic heterocycles. The Kier molecular flexibility index (Phi) is 6.32. The van der Waals surface area contributed by atoms with Crippen LogP contribution in [0.4, 0.5) is 0 Å². The molecule has 0 aliphatic carbocycles. The lowest BCUT2D eigenvalue weighted by atomic mass is 10.2. The summed E-state index contributed by atoms with van der Waals surface area (Å²) in [7, 11) is -3.48. The number of thioether (sulfide) groups is 1. The van der Waals surface area contributed by atoms with Gasteiger partial charge in [-0.15, -0.1) is 11.8 Å². The number of aliphatic hydroxyl groups excluding tert-OH is 1. The predicted octanol–water partition coefficient (Wildman–Crippen LogP) is 2.09. The molecule has 0 aliphatic rings. The maximum absolute atomic E-state index is 12.2. The van der Waals surface area contributed by atoms with Gasteiger partial charge >= 0.3 is 0 Å². The summed E-state index contributed by atoms with van der Waals surface area (Å²) in [6.45, 7) is 5.62. The summed E-state index contributed by atoms with van der Waals surface area (Å²) in [5.41, 5.74) is 0. The molecular formula is C13H21NO3S2. The fraction of sp³-hybridized carbons (Fsp3) is 0.538. The predicted molar refractivity (Wildman–Crippen MR) is 78.9 cm³/mol. The Hall–Kier alpha value is -0.560. The van der Waals surface area contributed by atoms with Crippen LogP contribution in [0, 0.1) is 5.92 Å². The Bertz CT molecular complexity index is 500. The third kappa shape index (κ3) is 5.14. The summed E-state index contributed by atoms with van der Waals surface area (Å²) in [5.74, 6) is 0.823. The second-order valence-corrected chi connectivity index (χ2v) is 7.57. The van der Waals surface area contributed by atoms with Crippen LogP contribution in [0.15, 0.2) is 34.1 Å². The smallest absolute Gasteiger partial charge is 0.241 e. The van der Waals surface area contributed by atoms with Crippen LogP contribution in [0.3, 0.4) is 0 Å². The highest BCUT2D eigenvalue weighted by atomic mass is 32.2. The molecule has 1 aromatic carbocycles. The fourth-order valence-electron chi connectivity index (χ4n) is 1.45. The first kappa shape index (κ1) is 16.5. The molecule has 19 heavy (non-hydrogen) atoms. The maximum Gasteiger partial charge on any atom is 0.241 e. The van der Waals surface area contributed by atoms with E-state index in [0.29, 0.717) is 10.6 Å². The topological polar surface area (TPSA) is 66.4 Å². The van der Waals surface area contributed by atoms with Gasteiger partial charge in [0.25, 0.3) is 0 Å². The van der Waals surface area contributed by atoms with Crippen molar-refractivity contribution in [3.63, 3.8) is 0 Å². The number of benzene rings is 1. The maximum atomic E-state index is 12.2. The van der Waals surface area contributed by atoms with Crippen LogP contribution in [0.2, 0.25) is 0 Å². The SMILES string of the molecule is CC(CO)CSc1ccccc1S(=O)(=O)NC(C)C. The highest BCUT2D eigenvalue weighted by Crippen LogP contribution is 2.27. The molecule has 0 aliphatic heterocycles. The number of aliphatic hydroxyl groups is 1. The molecule has 0 saturated heterocycles. The van der Waals surface area contributed by atoms with Crippen molar-refractivity contribution in [1.82, 2.24) is 4.72 Å². The van der Waals surface area contributed by atoms with Crippen LogP contribution in [0.1, 0.15) is 20.8 Å². The van der Waals surface area contributed by atoms with Gasteiger partial charge in [-0.1, -0.05) is 19.1 Å². The van der Waals surface area contributed by atoms with Crippen LogP contribution in [0.5, 0.6) is 0 Å². The first-order chi connectivity index (χ1) is 8.86. The first-order valence-corrected chi connectivity index (χ1v) is 8.68. The van der Waals surface area contributed by atoms with Crippen LogP contribution in [-0.4, -0.2) is 31.9 Å². The second kappa shape index (κ2) is 7.28. The van der Waals surface area contributed by atoms with E-state index in [4.69, 9.17) is 5.11 Å². The Morgan fingerprint density at radius 3 is 2.47 bits per heavy atom. The summed E-state index contributed by atoms with van der Waals surface area (Å²) in [5, 5.41) is 9.02. The van der Waals surface area contributed by atoms with E-state index in [9.17, 15) is 8.42 Å². The molecule has 1 rings (SSSR count). The second-order valence-electron chi connectivity index (χ2n) is 4.82. The molecule has 0 spiro atoms. The quantitative estimate of drug-likeness (QED) is 0.757. The monoisotopic (exact) mass is 303 g/mol. The van der Waals surface area contributed by atoms with Crippen LogP contribution >= 0.6 is 11.8 Å². The summed E-state index contributed by atoms with van der Waals surface area (Å²) in [4.78, 5) is 1.02. The zero-order valence-electron chi connectivity index (χ0n) is 11.5. The van der Waals surface area contributed by atoms with E-state index in [2.05, 4.69) is 4.72 Å². The molecule has 0 heterocycles. The van der Waals surface area contributed by atoms with E-state index < -0.39 is 10.0 Å². The van der Waals surface area contributed by atoms with Gasteiger partial charge in [0.2, 0.25) is 10.0 Å². The Morgan fingerprint density at radius 2 is 1.89 bits per heavy atom. The zero-order valence-corrected chi connectivity index (χ0v) is 13.1. The number of sulfonamides is 1. The Morgan fingerprint density at radius 1 is 1.26 bits per heavy atom. The van der Waals surface area contributed by atoms with Crippen LogP contribution in [0.25, 0.3) is 0 Å². The number of hydrogen-bond donors (Lipinski definition) is 2. The minimum Gasteiger partial charge on any atom is -0.396 e. The van der Waals surface area contributed by atoms with Crippen LogP contribution in [-0.2, 0) is 10.0 Å². The normalized spacial score (nSPS) is 13.7. The number of nitrogens with one attached hydrogen (secondary N) is 1. The molecule has 2 N–H and O–H groups in total. The lowest BCUT2D eigenvalue weighted by molar-refractivity contribution is 0.250. The van der Waals surface area contributed by atoms with Gasteiger partial charge in [-0.25, -0.2) is 13.1 Å². The minimum atomic E-state index is -3.48. The summed E-state index contributed by atoms with van der Waals surface area (Å²) in [6.07, 6.45) is 0. The van der Waals surface area contributed by atoms with Crippen molar-refractivity contribution >= 4 is 21.8 Å². The molecule has 0 fully saturated rings. The molecule has 1 aromatic rings. The minimum absolute atomic E-state index is 0.103. The number of hydrogen-bond acceptors (Lipinski definition) is 4. The summed E-state index contributed by atoms with van der Waals surface area (Å²) < 4.78 is 27.0. The van der Waals surface area contributed by atoms with Gasteiger partial charge < -0.3 is 5.11 Å². The van der Waals surface area contributed by atoms with Crippen molar-refractivity contribution in [3.05, 3.63) is 24.3 Å². The van der Waals surface area contributed by atoms with Gasteiger partial charge in [-0.3, -0.25) is 0 Å². The average Bonchev–Trinajstić information content (AvgIpc) is 2.34. The van der Waals surface area contributed by atoms with Gasteiger partial charge in [0, 0.05) is 23.3 Å². The van der Waals surface area contributed by atoms with Crippen LogP contribution < -0.4 is 4.72 Å². The van der Waals surface area contributed by atoms with Crippen molar-refractivity contribution in [2.75, 3.05) is 12.4 Å². The van der Waals surface area contributed by atoms with Gasteiger partial charge in [0.1, 0.15) is 0 Å². The molecule has 108 valence electrons.